The minimum atomic E-state index is -5.23. The number of aliphatic imine (C=N–C) groups is 1. The monoisotopic (exact) mass is 570 g/mol. The van der Waals surface area contributed by atoms with Gasteiger partial charge in [0.25, 0.3) is 0 Å². The fourth-order valence-corrected chi connectivity index (χ4v) is 4.80. The summed E-state index contributed by atoms with van der Waals surface area (Å²) < 4.78 is 66.8. The summed E-state index contributed by atoms with van der Waals surface area (Å²) in [6.45, 7) is 4.45. The molecule has 0 aromatic carbocycles. The Kier molecular flexibility index (Phi) is 11.1. The third-order valence-corrected chi connectivity index (χ3v) is 7.56. The van der Waals surface area contributed by atoms with Crippen LogP contribution >= 0.6 is 24.0 Å². The highest BCUT2D eigenvalue weighted by Crippen LogP contribution is 2.44. The predicted octanol–water partition coefficient (Wildman–Crippen LogP) is 2.93. The van der Waals surface area contributed by atoms with Crippen LogP contribution in [0.15, 0.2) is 4.99 Å². The van der Waals surface area contributed by atoms with Gasteiger partial charge in [-0.15, -0.1) is 24.0 Å². The van der Waals surface area contributed by atoms with E-state index in [1.807, 2.05) is 6.92 Å². The van der Waals surface area contributed by atoms with E-state index in [1.54, 1.807) is 7.11 Å². The zero-order valence-electron chi connectivity index (χ0n) is 17.6. The first-order valence-corrected chi connectivity index (χ1v) is 11.6. The Balaban J connectivity index is 0.00000450. The fraction of sp³-hybridized carbons (Fsp3) is 0.944. The van der Waals surface area contributed by atoms with Crippen LogP contribution < -0.4 is 10.6 Å². The highest BCUT2D eigenvalue weighted by molar-refractivity contribution is 14.0. The van der Waals surface area contributed by atoms with Crippen molar-refractivity contribution in [1.82, 2.24) is 14.9 Å². The van der Waals surface area contributed by atoms with Gasteiger partial charge < -0.3 is 15.4 Å². The Morgan fingerprint density at radius 3 is 2.33 bits per heavy atom. The number of hydrogen-bond donors (Lipinski definition) is 2. The number of nitrogens with zero attached hydrogens (tertiary/aromatic N) is 2. The SMILES string of the molecule is CCNC(=NCC1(CCOC)CCC1)NCC1CCN(S(=O)(=O)C(F)(F)F)CC1.I. The summed E-state index contributed by atoms with van der Waals surface area (Å²) in [7, 11) is -3.52. The number of halogens is 4. The molecular weight excluding hydrogens is 536 g/mol. The first kappa shape index (κ1) is 27.7. The summed E-state index contributed by atoms with van der Waals surface area (Å²) in [5, 5.41) is 6.47. The minimum absolute atomic E-state index is 0. The molecule has 0 aromatic heterocycles. The van der Waals surface area contributed by atoms with Gasteiger partial charge in [-0.3, -0.25) is 4.99 Å². The second kappa shape index (κ2) is 12.0. The highest BCUT2D eigenvalue weighted by atomic mass is 127. The minimum Gasteiger partial charge on any atom is -0.385 e. The molecule has 0 aromatic rings. The predicted molar refractivity (Wildman–Crippen MR) is 121 cm³/mol. The lowest BCUT2D eigenvalue weighted by molar-refractivity contribution is -0.0496. The van der Waals surface area contributed by atoms with Crippen LogP contribution in [0, 0.1) is 11.3 Å². The molecule has 1 aliphatic carbocycles. The van der Waals surface area contributed by atoms with Crippen LogP contribution in [0.3, 0.4) is 0 Å². The van der Waals surface area contributed by atoms with Crippen molar-refractivity contribution in [1.29, 1.82) is 0 Å². The van der Waals surface area contributed by atoms with Crippen molar-refractivity contribution in [3.63, 3.8) is 0 Å². The van der Waals surface area contributed by atoms with Gasteiger partial charge in [-0.1, -0.05) is 6.42 Å². The van der Waals surface area contributed by atoms with Crippen molar-refractivity contribution < 1.29 is 26.3 Å². The molecule has 2 fully saturated rings. The molecule has 0 radical (unpaired) electrons. The number of ether oxygens (including phenoxy) is 1. The number of hydrogen-bond acceptors (Lipinski definition) is 4. The molecule has 2 aliphatic rings. The van der Waals surface area contributed by atoms with E-state index in [2.05, 4.69) is 10.6 Å². The highest BCUT2D eigenvalue weighted by Gasteiger charge is 2.50. The molecule has 12 heteroatoms. The number of nitrogens with one attached hydrogen (secondary N) is 2. The first-order chi connectivity index (χ1) is 13.6. The van der Waals surface area contributed by atoms with Crippen LogP contribution in [0.1, 0.15) is 45.4 Å². The molecule has 0 spiro atoms. The van der Waals surface area contributed by atoms with Crippen molar-refractivity contribution in [2.24, 2.45) is 16.3 Å². The van der Waals surface area contributed by atoms with Gasteiger partial charge in [0.2, 0.25) is 0 Å². The van der Waals surface area contributed by atoms with Crippen LogP contribution in [0.25, 0.3) is 0 Å². The number of alkyl halides is 3. The van der Waals surface area contributed by atoms with E-state index in [1.165, 1.54) is 6.42 Å². The number of guanidine groups is 1. The summed E-state index contributed by atoms with van der Waals surface area (Å²) in [6, 6.07) is 0. The normalized spacial score (nSPS) is 20.9. The van der Waals surface area contributed by atoms with Crippen LogP contribution in [0.5, 0.6) is 0 Å². The maximum absolute atomic E-state index is 12.7. The van der Waals surface area contributed by atoms with E-state index >= 15 is 0 Å². The van der Waals surface area contributed by atoms with Crippen molar-refractivity contribution in [2.75, 3.05) is 46.4 Å². The standard InChI is InChI=1S/C18H33F3N4O3S.HI/c1-3-22-16(24-14-17(7-4-8-17)9-12-28-2)23-13-15-5-10-25(11-6-15)29(26,27)18(19,20)21;/h15H,3-14H2,1-2H3,(H2,22,23,24);1H. The molecule has 30 heavy (non-hydrogen) atoms. The average molecular weight is 570 g/mol. The molecule has 2 N–H and O–H groups in total. The van der Waals surface area contributed by atoms with Gasteiger partial charge in [0.1, 0.15) is 0 Å². The summed E-state index contributed by atoms with van der Waals surface area (Å²) in [4.78, 5) is 4.72. The van der Waals surface area contributed by atoms with Crippen molar-refractivity contribution >= 4 is 40.0 Å². The molecule has 1 aliphatic heterocycles. The van der Waals surface area contributed by atoms with Gasteiger partial charge in [-0.25, -0.2) is 8.42 Å². The average Bonchev–Trinajstić information content (AvgIpc) is 2.64. The molecule has 178 valence electrons. The third-order valence-electron chi connectivity index (χ3n) is 5.93. The Morgan fingerprint density at radius 2 is 1.87 bits per heavy atom. The second-order valence-electron chi connectivity index (χ2n) is 7.97. The number of piperidine rings is 1. The largest absolute Gasteiger partial charge is 0.511 e. The van der Waals surface area contributed by atoms with E-state index < -0.39 is 15.5 Å². The molecule has 0 amide bonds. The summed E-state index contributed by atoms with van der Waals surface area (Å²) >= 11 is 0. The second-order valence-corrected chi connectivity index (χ2v) is 9.90. The fourth-order valence-electron chi connectivity index (χ4n) is 3.81. The zero-order chi connectivity index (χ0) is 21.5. The summed E-state index contributed by atoms with van der Waals surface area (Å²) in [5.41, 5.74) is -5.03. The van der Waals surface area contributed by atoms with Gasteiger partial charge in [0.15, 0.2) is 5.96 Å². The topological polar surface area (TPSA) is 83.0 Å². The van der Waals surface area contributed by atoms with E-state index in [-0.39, 0.29) is 48.4 Å². The van der Waals surface area contributed by atoms with Gasteiger partial charge in [0, 0.05) is 46.4 Å². The summed E-state index contributed by atoms with van der Waals surface area (Å²) in [5.74, 6) is 0.797. The molecular formula is C18H34F3IN4O3S. The van der Waals surface area contributed by atoms with Crippen LogP contribution in [-0.4, -0.2) is 70.6 Å². The van der Waals surface area contributed by atoms with Crippen LogP contribution in [0.2, 0.25) is 0 Å². The molecule has 1 heterocycles. The third kappa shape index (κ3) is 7.37. The number of sulfonamides is 1. The Bertz CT molecular complexity index is 650. The van der Waals surface area contributed by atoms with E-state index in [9.17, 15) is 21.6 Å². The van der Waals surface area contributed by atoms with Crippen molar-refractivity contribution in [3.05, 3.63) is 0 Å². The first-order valence-electron chi connectivity index (χ1n) is 10.2. The van der Waals surface area contributed by atoms with E-state index in [4.69, 9.17) is 9.73 Å². The molecule has 0 atom stereocenters. The number of methoxy groups -OCH3 is 1. The van der Waals surface area contributed by atoms with Crippen LogP contribution in [0.4, 0.5) is 13.2 Å². The molecule has 0 bridgehead atoms. The Labute approximate surface area is 194 Å². The van der Waals surface area contributed by atoms with E-state index in [0.29, 0.717) is 42.7 Å². The maximum Gasteiger partial charge on any atom is 0.511 e. The smallest absolute Gasteiger partial charge is 0.385 e. The molecule has 1 saturated carbocycles. The van der Waals surface area contributed by atoms with Crippen molar-refractivity contribution in [2.45, 2.75) is 51.0 Å². The van der Waals surface area contributed by atoms with Crippen LogP contribution in [-0.2, 0) is 14.8 Å². The zero-order valence-corrected chi connectivity index (χ0v) is 20.8. The quantitative estimate of drug-likeness (QED) is 0.253. The van der Waals surface area contributed by atoms with Crippen molar-refractivity contribution in [3.8, 4) is 0 Å². The Hall–Kier alpha value is -0.340. The maximum atomic E-state index is 12.7. The lowest BCUT2D eigenvalue weighted by Crippen LogP contribution is -2.47. The lowest BCUT2D eigenvalue weighted by atomic mass is 9.67. The molecule has 0 unspecified atom stereocenters. The van der Waals surface area contributed by atoms with Gasteiger partial charge >= 0.3 is 15.5 Å². The van der Waals surface area contributed by atoms with E-state index in [0.717, 1.165) is 25.9 Å². The summed E-state index contributed by atoms with van der Waals surface area (Å²) in [6.07, 6.45) is 5.26. The lowest BCUT2D eigenvalue weighted by Gasteiger charge is -2.40. The molecule has 7 nitrogen and oxygen atoms in total. The molecule has 2 rings (SSSR count). The van der Waals surface area contributed by atoms with Gasteiger partial charge in [-0.05, 0) is 50.4 Å². The molecule has 1 saturated heterocycles. The Morgan fingerprint density at radius 1 is 1.23 bits per heavy atom. The van der Waals surface area contributed by atoms with Gasteiger partial charge in [0.05, 0.1) is 0 Å². The van der Waals surface area contributed by atoms with Gasteiger partial charge in [-0.2, -0.15) is 17.5 Å². The number of rotatable bonds is 9.